The molecule has 0 saturated heterocycles. The number of aryl methyl sites for hydroxylation is 3. The van der Waals surface area contributed by atoms with Gasteiger partial charge in [-0.15, -0.1) is 0 Å². The second-order valence-corrected chi connectivity index (χ2v) is 5.07. The Bertz CT molecular complexity index is 871. The predicted molar refractivity (Wildman–Crippen MR) is 77.7 cm³/mol. The lowest BCUT2D eigenvalue weighted by molar-refractivity contribution is 1.12. The number of hydrogen-bond donors (Lipinski definition) is 0. The van der Waals surface area contributed by atoms with Gasteiger partial charge in [-0.1, -0.05) is 12.1 Å². The topological polar surface area (TPSA) is 38.7 Å². The Morgan fingerprint density at radius 3 is 1.68 bits per heavy atom. The average Bonchev–Trinajstić information content (AvgIpc) is 2.37. The third-order valence-electron chi connectivity index (χ3n) is 3.80. The lowest BCUT2D eigenvalue weighted by Crippen LogP contribution is -1.96. The van der Waals surface area contributed by atoms with Crippen LogP contribution in [0.1, 0.15) is 17.2 Å². The molecule has 0 radical (unpaired) electrons. The maximum Gasteiger partial charge on any atom is 0.126 e. The fourth-order valence-corrected chi connectivity index (χ4v) is 2.99. The first-order valence-corrected chi connectivity index (χ1v) is 6.41. The predicted octanol–water partition coefficient (Wildman–Crippen LogP) is 3.69. The first-order valence-electron chi connectivity index (χ1n) is 6.41. The quantitative estimate of drug-likeness (QED) is 0.445. The number of benzene rings is 2. The fourth-order valence-electron chi connectivity index (χ4n) is 2.99. The average molecular weight is 247 g/mol. The van der Waals surface area contributed by atoms with E-state index in [0.29, 0.717) is 0 Å². The van der Waals surface area contributed by atoms with Crippen LogP contribution in [0.4, 0.5) is 0 Å². The molecule has 0 bridgehead atoms. The van der Waals surface area contributed by atoms with Crippen LogP contribution in [-0.4, -0.2) is 15.0 Å². The van der Waals surface area contributed by atoms with Crippen LogP contribution >= 0.6 is 0 Å². The third-order valence-corrected chi connectivity index (χ3v) is 3.80. The van der Waals surface area contributed by atoms with Crippen molar-refractivity contribution in [2.24, 2.45) is 0 Å². The molecule has 0 aliphatic heterocycles. The molecule has 0 aliphatic rings. The smallest absolute Gasteiger partial charge is 0.126 e. The van der Waals surface area contributed by atoms with Crippen molar-refractivity contribution in [2.75, 3.05) is 0 Å². The largest absolute Gasteiger partial charge is 0.257 e. The van der Waals surface area contributed by atoms with E-state index >= 15 is 0 Å². The zero-order valence-electron chi connectivity index (χ0n) is 11.2. The van der Waals surface area contributed by atoms with Crippen LogP contribution in [0, 0.1) is 20.8 Å². The number of hydrogen-bond acceptors (Lipinski definition) is 3. The summed E-state index contributed by atoms with van der Waals surface area (Å²) in [5, 5.41) is 4.81. The Kier molecular flexibility index (Phi) is 1.89. The Hall–Kier alpha value is -2.29. The second kappa shape index (κ2) is 3.38. The number of rotatable bonds is 0. The third kappa shape index (κ3) is 1.30. The van der Waals surface area contributed by atoms with Crippen LogP contribution in [0.25, 0.3) is 32.6 Å². The molecule has 0 amide bonds. The summed E-state index contributed by atoms with van der Waals surface area (Å²) in [7, 11) is 0. The molecule has 3 heteroatoms. The molecule has 4 rings (SSSR count). The van der Waals surface area contributed by atoms with Crippen molar-refractivity contribution in [1.82, 2.24) is 15.0 Å². The fraction of sp³-hybridized carbons (Fsp3) is 0.188. The van der Waals surface area contributed by atoms with Crippen LogP contribution in [0.5, 0.6) is 0 Å². The van der Waals surface area contributed by atoms with Gasteiger partial charge in [-0.2, -0.15) is 0 Å². The van der Waals surface area contributed by atoms with Gasteiger partial charge in [0.05, 0.1) is 11.0 Å². The molecule has 92 valence electrons. The van der Waals surface area contributed by atoms with Gasteiger partial charge in [0.1, 0.15) is 5.82 Å². The first kappa shape index (κ1) is 10.6. The molecule has 0 atom stereocenters. The summed E-state index contributed by atoms with van der Waals surface area (Å²) in [5.41, 5.74) is 4.18. The molecule has 0 unspecified atom stereocenters. The molecule has 2 aromatic carbocycles. The van der Waals surface area contributed by atoms with Gasteiger partial charge in [0.25, 0.3) is 0 Å². The zero-order chi connectivity index (χ0) is 13.1. The Labute approximate surface area is 110 Å². The highest BCUT2D eigenvalue weighted by Crippen LogP contribution is 2.34. The van der Waals surface area contributed by atoms with Crippen molar-refractivity contribution in [1.29, 1.82) is 0 Å². The maximum atomic E-state index is 4.63. The van der Waals surface area contributed by atoms with E-state index in [1.165, 1.54) is 16.2 Å². The van der Waals surface area contributed by atoms with Crippen molar-refractivity contribution in [2.45, 2.75) is 20.8 Å². The molecule has 0 fully saturated rings. The van der Waals surface area contributed by atoms with E-state index in [1.54, 1.807) is 0 Å². The number of aromatic nitrogens is 3. The molecule has 0 saturated carbocycles. The second-order valence-electron chi connectivity index (χ2n) is 5.07. The Balaban J connectivity index is 2.44. The van der Waals surface area contributed by atoms with Crippen LogP contribution in [0.2, 0.25) is 0 Å². The normalized spacial score (nSPS) is 11.9. The van der Waals surface area contributed by atoms with Crippen molar-refractivity contribution >= 4 is 32.6 Å². The summed E-state index contributed by atoms with van der Waals surface area (Å²) in [6.07, 6.45) is 0. The minimum absolute atomic E-state index is 0.817. The van der Waals surface area contributed by atoms with E-state index in [-0.39, 0.29) is 0 Å². The van der Waals surface area contributed by atoms with Crippen LogP contribution in [-0.2, 0) is 0 Å². The lowest BCUT2D eigenvalue weighted by Gasteiger charge is -2.13. The minimum Gasteiger partial charge on any atom is -0.257 e. The van der Waals surface area contributed by atoms with Crippen molar-refractivity contribution < 1.29 is 0 Å². The summed E-state index contributed by atoms with van der Waals surface area (Å²) >= 11 is 0. The van der Waals surface area contributed by atoms with Crippen molar-refractivity contribution in [3.05, 3.63) is 41.5 Å². The summed E-state index contributed by atoms with van der Waals surface area (Å²) in [6, 6.07) is 8.39. The lowest BCUT2D eigenvalue weighted by atomic mass is 9.97. The molecule has 2 heterocycles. The Morgan fingerprint density at radius 2 is 1.16 bits per heavy atom. The monoisotopic (exact) mass is 247 g/mol. The summed E-state index contributed by atoms with van der Waals surface area (Å²) in [6.45, 7) is 6.06. The zero-order valence-corrected chi connectivity index (χ0v) is 11.2. The molecule has 0 N–H and O–H groups in total. The highest BCUT2D eigenvalue weighted by Gasteiger charge is 2.13. The summed E-state index contributed by atoms with van der Waals surface area (Å²) < 4.78 is 0. The molecular formula is C16H13N3. The van der Waals surface area contributed by atoms with Gasteiger partial charge in [-0.25, -0.2) is 9.97 Å². The first-order chi connectivity index (χ1) is 9.15. The van der Waals surface area contributed by atoms with Crippen LogP contribution in [0.3, 0.4) is 0 Å². The van der Waals surface area contributed by atoms with Gasteiger partial charge >= 0.3 is 0 Å². The highest BCUT2D eigenvalue weighted by molar-refractivity contribution is 6.22. The molecular weight excluding hydrogens is 234 g/mol. The van der Waals surface area contributed by atoms with E-state index in [0.717, 1.165) is 33.6 Å². The van der Waals surface area contributed by atoms with E-state index in [2.05, 4.69) is 53.1 Å². The maximum absolute atomic E-state index is 4.63. The van der Waals surface area contributed by atoms with Gasteiger partial charge in [0.15, 0.2) is 0 Å². The molecule has 0 aliphatic carbocycles. The highest BCUT2D eigenvalue weighted by atomic mass is 14.9. The molecule has 0 spiro atoms. The van der Waals surface area contributed by atoms with Crippen molar-refractivity contribution in [3.63, 3.8) is 0 Å². The SMILES string of the molecule is Cc1nc2ccc3c(C)nc(C)c4ccc(n1)c2c34. The van der Waals surface area contributed by atoms with Gasteiger partial charge in [-0.05, 0) is 32.9 Å². The van der Waals surface area contributed by atoms with Crippen LogP contribution < -0.4 is 0 Å². The van der Waals surface area contributed by atoms with E-state index in [1.807, 2.05) is 6.92 Å². The van der Waals surface area contributed by atoms with Crippen LogP contribution in [0.15, 0.2) is 24.3 Å². The van der Waals surface area contributed by atoms with Crippen molar-refractivity contribution in [3.8, 4) is 0 Å². The minimum atomic E-state index is 0.817. The number of nitrogens with zero attached hydrogens (tertiary/aromatic N) is 3. The Morgan fingerprint density at radius 1 is 0.632 bits per heavy atom. The number of pyridine rings is 1. The molecule has 4 aromatic rings. The summed E-state index contributed by atoms with van der Waals surface area (Å²) in [5.74, 6) is 0.817. The van der Waals surface area contributed by atoms with E-state index < -0.39 is 0 Å². The van der Waals surface area contributed by atoms with Gasteiger partial charge in [-0.3, -0.25) is 4.98 Å². The molecule has 2 aromatic heterocycles. The summed E-state index contributed by atoms with van der Waals surface area (Å²) in [4.78, 5) is 13.7. The van der Waals surface area contributed by atoms with E-state index in [4.69, 9.17) is 0 Å². The molecule has 19 heavy (non-hydrogen) atoms. The van der Waals surface area contributed by atoms with Gasteiger partial charge in [0.2, 0.25) is 0 Å². The molecule has 3 nitrogen and oxygen atoms in total. The van der Waals surface area contributed by atoms with Gasteiger partial charge in [0, 0.05) is 32.9 Å². The standard InChI is InChI=1S/C16H13N3/c1-8-11-4-6-13-16-14(19-10(3)18-13)7-5-12(15(11)16)9(2)17-8/h4-7H,1-3H3. The van der Waals surface area contributed by atoms with E-state index in [9.17, 15) is 0 Å². The van der Waals surface area contributed by atoms with Gasteiger partial charge < -0.3 is 0 Å².